The maximum absolute atomic E-state index is 12.1. The molecule has 0 aromatic carbocycles. The van der Waals surface area contributed by atoms with E-state index in [1.807, 2.05) is 0 Å². The van der Waals surface area contributed by atoms with Crippen LogP contribution < -0.4 is 0 Å². The van der Waals surface area contributed by atoms with E-state index in [2.05, 4.69) is 0 Å². The molecule has 0 aliphatic carbocycles. The summed E-state index contributed by atoms with van der Waals surface area (Å²) in [6.07, 6.45) is -3.71. The Bertz CT molecular complexity index is 850. The topological polar surface area (TPSA) is 147 Å². The highest BCUT2D eigenvalue weighted by molar-refractivity contribution is 5.69. The van der Waals surface area contributed by atoms with E-state index in [0.29, 0.717) is 13.1 Å². The van der Waals surface area contributed by atoms with Crippen LogP contribution in [0.2, 0.25) is 0 Å². The Hall–Kier alpha value is -2.93. The van der Waals surface area contributed by atoms with Crippen molar-refractivity contribution < 1.29 is 52.4 Å². The highest BCUT2D eigenvalue weighted by Gasteiger charge is 2.49. The highest BCUT2D eigenvalue weighted by Crippen LogP contribution is 2.27. The van der Waals surface area contributed by atoms with E-state index < -0.39 is 59.9 Å². The van der Waals surface area contributed by atoms with Crippen LogP contribution in [-0.4, -0.2) is 115 Å². The van der Waals surface area contributed by atoms with Gasteiger partial charge in [-0.1, -0.05) is 0 Å². The molecule has 2 saturated heterocycles. The number of carbonyl (C=O) groups excluding carboxylic acids is 5. The molecule has 0 unspecified atom stereocenters. The van der Waals surface area contributed by atoms with Crippen molar-refractivity contribution in [3.05, 3.63) is 0 Å². The van der Waals surface area contributed by atoms with Crippen molar-refractivity contribution in [3.63, 3.8) is 0 Å². The lowest BCUT2D eigenvalue weighted by Gasteiger charge is -2.47. The number of carbonyl (C=O) groups is 5. The predicted octanol–water partition coefficient (Wildman–Crippen LogP) is 0.665. The summed E-state index contributed by atoms with van der Waals surface area (Å²) in [5.41, 5.74) is -0.588. The van der Waals surface area contributed by atoms with E-state index in [0.717, 1.165) is 0 Å². The van der Waals surface area contributed by atoms with E-state index in [4.69, 9.17) is 28.4 Å². The van der Waals surface area contributed by atoms with Crippen LogP contribution in [0.1, 0.15) is 48.5 Å². The molecule has 0 N–H and O–H groups in total. The molecule has 210 valence electrons. The van der Waals surface area contributed by atoms with Crippen LogP contribution in [0.4, 0.5) is 4.79 Å². The molecule has 0 spiro atoms. The number of nitrogens with zero attached hydrogens (tertiary/aromatic N) is 2. The van der Waals surface area contributed by atoms with Gasteiger partial charge in [0.25, 0.3) is 0 Å². The largest absolute Gasteiger partial charge is 0.464 e. The number of hydrogen-bond donors (Lipinski definition) is 0. The van der Waals surface area contributed by atoms with Gasteiger partial charge in [0.15, 0.2) is 18.3 Å². The summed E-state index contributed by atoms with van der Waals surface area (Å²) in [6, 6.07) is -0.702. The zero-order valence-electron chi connectivity index (χ0n) is 22.5. The molecule has 0 bridgehead atoms. The van der Waals surface area contributed by atoms with Gasteiger partial charge in [-0.2, -0.15) is 0 Å². The summed E-state index contributed by atoms with van der Waals surface area (Å²) in [7, 11) is 0. The number of esters is 4. The average molecular weight is 531 g/mol. The number of ether oxygens (including phenoxy) is 6. The summed E-state index contributed by atoms with van der Waals surface area (Å²) >= 11 is 0. The van der Waals surface area contributed by atoms with Gasteiger partial charge in [0.1, 0.15) is 12.2 Å². The third-order valence-electron chi connectivity index (χ3n) is 5.56. The van der Waals surface area contributed by atoms with Gasteiger partial charge >= 0.3 is 30.0 Å². The van der Waals surface area contributed by atoms with E-state index in [9.17, 15) is 24.0 Å². The second kappa shape index (κ2) is 13.0. The predicted molar refractivity (Wildman–Crippen MR) is 126 cm³/mol. The standard InChI is InChI=1S/C24H38N2O11/c1-14(27)33-13-19-21(35-16(3)29)22(36-17(4)30)20(34-15(2)28)12-25(19)8-9-32-18-10-26(11-18)23(31)37-24(5,6)7/h18-22H,8-13H2,1-7H3/t19-,20+,21-,22-/m1/s1. The normalized spacial score (nSPS) is 24.5. The molecule has 0 saturated carbocycles. The third-order valence-corrected chi connectivity index (χ3v) is 5.56. The second-order valence-corrected chi connectivity index (χ2v) is 10.0. The number of rotatable bonds is 9. The van der Waals surface area contributed by atoms with E-state index >= 15 is 0 Å². The Morgan fingerprint density at radius 3 is 1.86 bits per heavy atom. The van der Waals surface area contributed by atoms with Crippen LogP contribution in [0.15, 0.2) is 0 Å². The summed E-state index contributed by atoms with van der Waals surface area (Å²) < 4.78 is 32.7. The molecule has 2 rings (SSSR count). The zero-order chi connectivity index (χ0) is 27.9. The highest BCUT2D eigenvalue weighted by atomic mass is 16.6. The molecule has 2 aliphatic rings. The molecule has 0 radical (unpaired) electrons. The fourth-order valence-corrected chi connectivity index (χ4v) is 4.11. The Balaban J connectivity index is 2.10. The maximum Gasteiger partial charge on any atom is 0.410 e. The second-order valence-electron chi connectivity index (χ2n) is 10.0. The lowest BCUT2D eigenvalue weighted by molar-refractivity contribution is -0.208. The quantitative estimate of drug-likeness (QED) is 0.305. The first-order valence-electron chi connectivity index (χ1n) is 12.1. The maximum atomic E-state index is 12.1. The molecule has 0 aromatic heterocycles. The van der Waals surface area contributed by atoms with Gasteiger partial charge in [-0.15, -0.1) is 0 Å². The number of amides is 1. The van der Waals surface area contributed by atoms with Crippen molar-refractivity contribution >= 4 is 30.0 Å². The molecular formula is C24H38N2O11. The minimum absolute atomic E-state index is 0.110. The fraction of sp³-hybridized carbons (Fsp3) is 0.792. The first-order chi connectivity index (χ1) is 17.2. The van der Waals surface area contributed by atoms with Crippen molar-refractivity contribution in [2.45, 2.75) is 84.5 Å². The van der Waals surface area contributed by atoms with Gasteiger partial charge in [0.05, 0.1) is 31.8 Å². The van der Waals surface area contributed by atoms with Gasteiger partial charge in [-0.25, -0.2) is 4.79 Å². The summed E-state index contributed by atoms with van der Waals surface area (Å²) in [5.74, 6) is -2.44. The molecule has 1 amide bonds. The lowest BCUT2D eigenvalue weighted by atomic mass is 9.93. The van der Waals surface area contributed by atoms with Crippen molar-refractivity contribution in [1.29, 1.82) is 0 Å². The zero-order valence-corrected chi connectivity index (χ0v) is 22.5. The van der Waals surface area contributed by atoms with Crippen LogP contribution in [0, 0.1) is 0 Å². The molecule has 37 heavy (non-hydrogen) atoms. The lowest BCUT2D eigenvalue weighted by Crippen LogP contribution is -2.66. The third kappa shape index (κ3) is 9.80. The van der Waals surface area contributed by atoms with Crippen molar-refractivity contribution in [2.24, 2.45) is 0 Å². The minimum Gasteiger partial charge on any atom is -0.464 e. The van der Waals surface area contributed by atoms with Crippen LogP contribution in [0.3, 0.4) is 0 Å². The monoisotopic (exact) mass is 530 g/mol. The fourth-order valence-electron chi connectivity index (χ4n) is 4.11. The number of hydrogen-bond acceptors (Lipinski definition) is 12. The Morgan fingerprint density at radius 1 is 0.784 bits per heavy atom. The smallest absolute Gasteiger partial charge is 0.410 e. The Morgan fingerprint density at radius 2 is 1.35 bits per heavy atom. The molecule has 2 fully saturated rings. The van der Waals surface area contributed by atoms with Crippen LogP contribution in [0.25, 0.3) is 0 Å². The summed E-state index contributed by atoms with van der Waals surface area (Å²) in [6.45, 7) is 11.5. The van der Waals surface area contributed by atoms with E-state index in [-0.39, 0.29) is 32.4 Å². The molecule has 2 aliphatic heterocycles. The van der Waals surface area contributed by atoms with Gasteiger partial charge < -0.3 is 33.3 Å². The van der Waals surface area contributed by atoms with Crippen LogP contribution in [0.5, 0.6) is 0 Å². The Kier molecular flexibility index (Phi) is 10.7. The molecule has 13 nitrogen and oxygen atoms in total. The van der Waals surface area contributed by atoms with Gasteiger partial charge in [-0.05, 0) is 20.8 Å². The molecule has 0 aromatic rings. The summed E-state index contributed by atoms with van der Waals surface area (Å²) in [5, 5.41) is 0. The van der Waals surface area contributed by atoms with Gasteiger partial charge in [0.2, 0.25) is 0 Å². The first-order valence-corrected chi connectivity index (χ1v) is 12.1. The Labute approximate surface area is 216 Å². The van der Waals surface area contributed by atoms with Crippen LogP contribution >= 0.6 is 0 Å². The van der Waals surface area contributed by atoms with Crippen molar-refractivity contribution in [1.82, 2.24) is 9.80 Å². The van der Waals surface area contributed by atoms with Crippen molar-refractivity contribution in [3.8, 4) is 0 Å². The molecular weight excluding hydrogens is 492 g/mol. The SMILES string of the molecule is CC(=O)OC[C@@H]1[C@@H](OC(C)=O)[C@H](OC(C)=O)[C@@H](OC(C)=O)CN1CCOC1CN(C(=O)OC(C)(C)C)C1. The summed E-state index contributed by atoms with van der Waals surface area (Å²) in [4.78, 5) is 62.5. The molecule has 13 heteroatoms. The molecule has 4 atom stereocenters. The number of likely N-dealkylation sites (tertiary alicyclic amines) is 2. The number of piperidine rings is 1. The average Bonchev–Trinajstić information content (AvgIpc) is 2.68. The van der Waals surface area contributed by atoms with Crippen LogP contribution in [-0.2, 0) is 47.6 Å². The molecule has 2 heterocycles. The van der Waals surface area contributed by atoms with E-state index in [1.54, 1.807) is 25.7 Å². The first kappa shape index (κ1) is 30.3. The van der Waals surface area contributed by atoms with Crippen molar-refractivity contribution in [2.75, 3.05) is 39.4 Å². The van der Waals surface area contributed by atoms with E-state index in [1.165, 1.54) is 32.6 Å². The minimum atomic E-state index is -1.10. The van der Waals surface area contributed by atoms with Gasteiger partial charge in [0, 0.05) is 40.8 Å². The van der Waals surface area contributed by atoms with Gasteiger partial charge in [-0.3, -0.25) is 24.1 Å².